The van der Waals surface area contributed by atoms with Gasteiger partial charge in [0.1, 0.15) is 11.5 Å². The third kappa shape index (κ3) is 5.45. The molecule has 3 rings (SSSR count). The highest BCUT2D eigenvalue weighted by Crippen LogP contribution is 2.29. The minimum atomic E-state index is -0.00404. The Labute approximate surface area is 165 Å². The van der Waals surface area contributed by atoms with Crippen molar-refractivity contribution in [2.45, 2.75) is 11.3 Å². The molecule has 0 aliphatic carbocycles. The van der Waals surface area contributed by atoms with Gasteiger partial charge in [0.05, 0.1) is 19.3 Å². The lowest BCUT2D eigenvalue weighted by Crippen LogP contribution is -2.04. The SMILES string of the molecule is COc1cccc(Nc2nnc(SCCOc3ccccc3C(C)=O)s2)c1. The number of aromatic nitrogens is 2. The number of benzene rings is 2. The van der Waals surface area contributed by atoms with Gasteiger partial charge in [-0.1, -0.05) is 41.3 Å². The lowest BCUT2D eigenvalue weighted by molar-refractivity contribution is 0.101. The predicted molar refractivity (Wildman–Crippen MR) is 109 cm³/mol. The summed E-state index contributed by atoms with van der Waals surface area (Å²) in [7, 11) is 1.63. The third-order valence-corrected chi connectivity index (χ3v) is 5.50. The fourth-order valence-corrected chi connectivity index (χ4v) is 3.97. The van der Waals surface area contributed by atoms with Crippen molar-refractivity contribution in [2.75, 3.05) is 24.8 Å². The van der Waals surface area contributed by atoms with Gasteiger partial charge in [0, 0.05) is 17.5 Å². The number of para-hydroxylation sites is 1. The molecule has 0 atom stereocenters. The van der Waals surface area contributed by atoms with E-state index in [2.05, 4.69) is 15.5 Å². The third-order valence-electron chi connectivity index (χ3n) is 3.56. The van der Waals surface area contributed by atoms with Crippen molar-refractivity contribution >= 4 is 39.7 Å². The topological polar surface area (TPSA) is 73.3 Å². The van der Waals surface area contributed by atoms with Crippen molar-refractivity contribution in [1.82, 2.24) is 10.2 Å². The highest BCUT2D eigenvalue weighted by molar-refractivity contribution is 8.01. The fourth-order valence-electron chi connectivity index (χ4n) is 2.31. The lowest BCUT2D eigenvalue weighted by Gasteiger charge is -2.08. The maximum Gasteiger partial charge on any atom is 0.210 e. The van der Waals surface area contributed by atoms with Crippen LogP contribution >= 0.6 is 23.1 Å². The number of hydrogen-bond acceptors (Lipinski definition) is 8. The van der Waals surface area contributed by atoms with Crippen LogP contribution in [0.4, 0.5) is 10.8 Å². The molecule has 140 valence electrons. The molecule has 1 heterocycles. The van der Waals surface area contributed by atoms with Gasteiger partial charge in [0.2, 0.25) is 5.13 Å². The fraction of sp³-hybridized carbons (Fsp3) is 0.211. The number of thioether (sulfide) groups is 1. The molecule has 6 nitrogen and oxygen atoms in total. The molecule has 1 aromatic heterocycles. The molecule has 0 aliphatic heterocycles. The van der Waals surface area contributed by atoms with Crippen LogP contribution in [-0.2, 0) is 0 Å². The van der Waals surface area contributed by atoms with E-state index in [9.17, 15) is 4.79 Å². The van der Waals surface area contributed by atoms with Crippen LogP contribution in [-0.4, -0.2) is 35.5 Å². The Hall–Kier alpha value is -2.58. The molecule has 0 radical (unpaired) electrons. The second kappa shape index (κ2) is 9.38. The Morgan fingerprint density at radius 2 is 2.04 bits per heavy atom. The Bertz CT molecular complexity index is 914. The number of ketones is 1. The Morgan fingerprint density at radius 3 is 2.85 bits per heavy atom. The molecule has 0 fully saturated rings. The number of ether oxygens (including phenoxy) is 2. The highest BCUT2D eigenvalue weighted by atomic mass is 32.2. The summed E-state index contributed by atoms with van der Waals surface area (Å²) in [6, 6.07) is 14.9. The monoisotopic (exact) mass is 401 g/mol. The van der Waals surface area contributed by atoms with Crippen molar-refractivity contribution in [3.63, 3.8) is 0 Å². The molecule has 0 amide bonds. The molecule has 0 bridgehead atoms. The van der Waals surface area contributed by atoms with E-state index < -0.39 is 0 Å². The van der Waals surface area contributed by atoms with Crippen molar-refractivity contribution in [3.05, 3.63) is 54.1 Å². The van der Waals surface area contributed by atoms with Gasteiger partial charge in [-0.25, -0.2) is 0 Å². The summed E-state index contributed by atoms with van der Waals surface area (Å²) in [5, 5.41) is 12.3. The largest absolute Gasteiger partial charge is 0.497 e. The molecular weight excluding hydrogens is 382 g/mol. The molecule has 0 aliphatic rings. The number of carbonyl (C=O) groups excluding carboxylic acids is 1. The zero-order valence-electron chi connectivity index (χ0n) is 15.0. The normalized spacial score (nSPS) is 10.4. The smallest absolute Gasteiger partial charge is 0.210 e. The summed E-state index contributed by atoms with van der Waals surface area (Å²) in [6.07, 6.45) is 0. The van der Waals surface area contributed by atoms with Crippen molar-refractivity contribution in [3.8, 4) is 11.5 Å². The van der Waals surface area contributed by atoms with Gasteiger partial charge >= 0.3 is 0 Å². The molecule has 27 heavy (non-hydrogen) atoms. The van der Waals surface area contributed by atoms with Gasteiger partial charge in [-0.3, -0.25) is 4.79 Å². The van der Waals surface area contributed by atoms with Crippen molar-refractivity contribution in [1.29, 1.82) is 0 Å². The van der Waals surface area contributed by atoms with Crippen molar-refractivity contribution in [2.24, 2.45) is 0 Å². The Balaban J connectivity index is 1.49. The van der Waals surface area contributed by atoms with Crippen LogP contribution in [0.2, 0.25) is 0 Å². The number of nitrogens with zero attached hydrogens (tertiary/aromatic N) is 2. The lowest BCUT2D eigenvalue weighted by atomic mass is 10.1. The maximum absolute atomic E-state index is 11.6. The standard InChI is InChI=1S/C19H19N3O3S2/c1-13(23)16-8-3-4-9-17(16)25-10-11-26-19-22-21-18(27-19)20-14-6-5-7-15(12-14)24-2/h3-9,12H,10-11H2,1-2H3,(H,20,21). The Morgan fingerprint density at radius 1 is 1.19 bits per heavy atom. The molecule has 8 heteroatoms. The van der Waals surface area contributed by atoms with E-state index in [1.165, 1.54) is 18.3 Å². The molecular formula is C19H19N3O3S2. The van der Waals surface area contributed by atoms with Gasteiger partial charge in [-0.15, -0.1) is 10.2 Å². The van der Waals surface area contributed by atoms with Crippen LogP contribution in [0, 0.1) is 0 Å². The number of carbonyl (C=O) groups is 1. The number of nitrogens with one attached hydrogen (secondary N) is 1. The summed E-state index contributed by atoms with van der Waals surface area (Å²) < 4.78 is 11.8. The number of Topliss-reactive ketones (excluding diaryl/α,β-unsaturated/α-hetero) is 1. The van der Waals surface area contributed by atoms with Gasteiger partial charge in [-0.05, 0) is 31.2 Å². The summed E-state index contributed by atoms with van der Waals surface area (Å²) in [4.78, 5) is 11.6. The minimum absolute atomic E-state index is 0.00404. The van der Waals surface area contributed by atoms with Crippen molar-refractivity contribution < 1.29 is 14.3 Å². The van der Waals surface area contributed by atoms with E-state index >= 15 is 0 Å². The minimum Gasteiger partial charge on any atom is -0.497 e. The number of methoxy groups -OCH3 is 1. The first-order chi connectivity index (χ1) is 13.2. The average molecular weight is 402 g/mol. The molecule has 0 spiro atoms. The first kappa shape index (κ1) is 19.2. The summed E-state index contributed by atoms with van der Waals surface area (Å²) >= 11 is 3.04. The van der Waals surface area contributed by atoms with Crippen LogP contribution in [0.5, 0.6) is 11.5 Å². The van der Waals surface area contributed by atoms with Gasteiger partial charge in [0.15, 0.2) is 10.1 Å². The highest BCUT2D eigenvalue weighted by Gasteiger charge is 2.09. The first-order valence-electron chi connectivity index (χ1n) is 8.26. The van der Waals surface area contributed by atoms with E-state index in [0.29, 0.717) is 28.8 Å². The quantitative estimate of drug-likeness (QED) is 0.317. The van der Waals surface area contributed by atoms with Gasteiger partial charge in [0.25, 0.3) is 0 Å². The number of rotatable bonds is 9. The number of anilines is 2. The number of hydrogen-bond donors (Lipinski definition) is 1. The van der Waals surface area contributed by atoms with Crippen LogP contribution in [0.1, 0.15) is 17.3 Å². The second-order valence-corrected chi connectivity index (χ2v) is 7.80. The zero-order chi connectivity index (χ0) is 19.1. The molecule has 3 aromatic rings. The predicted octanol–water partition coefficient (Wildman–Crippen LogP) is 4.66. The van der Waals surface area contributed by atoms with Crippen LogP contribution < -0.4 is 14.8 Å². The van der Waals surface area contributed by atoms with Crippen LogP contribution in [0.25, 0.3) is 0 Å². The molecule has 0 saturated carbocycles. The zero-order valence-corrected chi connectivity index (χ0v) is 16.6. The molecule has 0 unspecified atom stereocenters. The summed E-state index contributed by atoms with van der Waals surface area (Å²) in [5.74, 6) is 2.10. The van der Waals surface area contributed by atoms with Crippen LogP contribution in [0.3, 0.4) is 0 Å². The molecule has 2 aromatic carbocycles. The van der Waals surface area contributed by atoms with E-state index in [1.807, 2.05) is 42.5 Å². The van der Waals surface area contributed by atoms with E-state index in [0.717, 1.165) is 15.8 Å². The van der Waals surface area contributed by atoms with E-state index in [-0.39, 0.29) is 5.78 Å². The van der Waals surface area contributed by atoms with E-state index in [4.69, 9.17) is 9.47 Å². The molecule has 1 N–H and O–H groups in total. The summed E-state index contributed by atoms with van der Waals surface area (Å²) in [5.41, 5.74) is 1.49. The van der Waals surface area contributed by atoms with Gasteiger partial charge < -0.3 is 14.8 Å². The first-order valence-corrected chi connectivity index (χ1v) is 10.1. The Kier molecular flexibility index (Phi) is 6.67. The van der Waals surface area contributed by atoms with E-state index in [1.54, 1.807) is 24.9 Å². The van der Waals surface area contributed by atoms with Gasteiger partial charge in [-0.2, -0.15) is 0 Å². The average Bonchev–Trinajstić information content (AvgIpc) is 3.12. The molecule has 0 saturated heterocycles. The summed E-state index contributed by atoms with van der Waals surface area (Å²) in [6.45, 7) is 2.02. The second-order valence-electron chi connectivity index (χ2n) is 5.48. The maximum atomic E-state index is 11.6. The van der Waals surface area contributed by atoms with Crippen LogP contribution in [0.15, 0.2) is 52.9 Å².